The van der Waals surface area contributed by atoms with Crippen LogP contribution in [0, 0.1) is 3.57 Å². The van der Waals surface area contributed by atoms with Crippen molar-refractivity contribution in [2.24, 2.45) is 0 Å². The van der Waals surface area contributed by atoms with Gasteiger partial charge < -0.3 is 14.1 Å². The number of carbonyl (C=O) groups is 1. The zero-order valence-electron chi connectivity index (χ0n) is 13.1. The molecule has 1 aliphatic heterocycles. The number of halogens is 1. The lowest BCUT2D eigenvalue weighted by Gasteiger charge is -2.32. The molecule has 1 aromatic carbocycles. The van der Waals surface area contributed by atoms with Crippen molar-refractivity contribution in [1.29, 1.82) is 0 Å². The molecule has 5 heteroatoms. The number of ether oxygens (including phenoxy) is 1. The molecule has 122 valence electrons. The topological polar surface area (TPSA) is 42.7 Å². The van der Waals surface area contributed by atoms with Gasteiger partial charge in [-0.25, -0.2) is 0 Å². The third kappa shape index (κ3) is 4.07. The van der Waals surface area contributed by atoms with Gasteiger partial charge in [-0.1, -0.05) is 0 Å². The van der Waals surface area contributed by atoms with Crippen molar-refractivity contribution in [3.05, 3.63) is 51.5 Å². The maximum Gasteiger partial charge on any atom is 0.289 e. The summed E-state index contributed by atoms with van der Waals surface area (Å²) in [6, 6.07) is 11.7. The molecule has 0 aliphatic carbocycles. The van der Waals surface area contributed by atoms with E-state index in [1.54, 1.807) is 6.07 Å². The van der Waals surface area contributed by atoms with E-state index >= 15 is 0 Å². The van der Waals surface area contributed by atoms with E-state index in [-0.39, 0.29) is 11.9 Å². The Balaban J connectivity index is 1.61. The molecule has 1 saturated heterocycles. The summed E-state index contributed by atoms with van der Waals surface area (Å²) < 4.78 is 12.5. The highest BCUT2D eigenvalue weighted by molar-refractivity contribution is 14.1. The van der Waals surface area contributed by atoms with Crippen molar-refractivity contribution in [3.8, 4) is 5.75 Å². The van der Waals surface area contributed by atoms with Crippen LogP contribution in [0.5, 0.6) is 5.75 Å². The van der Waals surface area contributed by atoms with Crippen molar-refractivity contribution in [3.63, 3.8) is 0 Å². The molecule has 2 aromatic rings. The molecule has 1 aromatic heterocycles. The molecule has 23 heavy (non-hydrogen) atoms. The number of likely N-dealkylation sites (tertiary alicyclic amines) is 1. The smallest absolute Gasteiger partial charge is 0.289 e. The van der Waals surface area contributed by atoms with Crippen LogP contribution in [0.1, 0.15) is 42.5 Å². The maximum absolute atomic E-state index is 12.5. The van der Waals surface area contributed by atoms with Gasteiger partial charge in [0.2, 0.25) is 0 Å². The molecule has 1 fully saturated rings. The van der Waals surface area contributed by atoms with Crippen molar-refractivity contribution >= 4 is 28.5 Å². The molecule has 2 heterocycles. The Kier molecular flexibility index (Phi) is 5.25. The van der Waals surface area contributed by atoms with Crippen LogP contribution >= 0.6 is 22.6 Å². The highest BCUT2D eigenvalue weighted by Crippen LogP contribution is 2.21. The number of furan rings is 1. The van der Waals surface area contributed by atoms with Crippen LogP contribution in [-0.2, 0) is 6.61 Å². The zero-order valence-corrected chi connectivity index (χ0v) is 15.3. The highest BCUT2D eigenvalue weighted by atomic mass is 127. The van der Waals surface area contributed by atoms with Crippen molar-refractivity contribution in [2.75, 3.05) is 6.54 Å². The molecule has 0 N–H and O–H groups in total. The summed E-state index contributed by atoms with van der Waals surface area (Å²) in [6.07, 6.45) is 3.33. The molecular weight excluding hydrogens is 405 g/mol. The molecule has 4 nitrogen and oxygen atoms in total. The van der Waals surface area contributed by atoms with Gasteiger partial charge in [0.25, 0.3) is 5.91 Å². The number of benzene rings is 1. The Hall–Kier alpha value is -1.50. The van der Waals surface area contributed by atoms with Gasteiger partial charge in [0.1, 0.15) is 18.1 Å². The number of nitrogens with zero attached hydrogens (tertiary/aromatic N) is 1. The first-order chi connectivity index (χ1) is 11.1. The SMILES string of the molecule is C[C@H]1CCCCN1C(=O)c1ccc(COc2ccc(I)cc2)o1. The fourth-order valence-corrected chi connectivity index (χ4v) is 3.16. The normalized spacial score (nSPS) is 18.0. The predicted octanol–water partition coefficient (Wildman–Crippen LogP) is 4.48. The van der Waals surface area contributed by atoms with E-state index < -0.39 is 0 Å². The largest absolute Gasteiger partial charge is 0.486 e. The summed E-state index contributed by atoms with van der Waals surface area (Å²) >= 11 is 2.25. The van der Waals surface area contributed by atoms with Crippen molar-refractivity contribution in [1.82, 2.24) is 4.90 Å². The number of amides is 1. The third-order valence-corrected chi connectivity index (χ3v) is 4.85. The Bertz CT molecular complexity index is 665. The molecule has 0 spiro atoms. The average molecular weight is 425 g/mol. The Morgan fingerprint density at radius 2 is 2.04 bits per heavy atom. The summed E-state index contributed by atoms with van der Waals surface area (Å²) in [5, 5.41) is 0. The lowest BCUT2D eigenvalue weighted by atomic mass is 10.0. The van der Waals surface area contributed by atoms with Crippen LogP contribution < -0.4 is 4.74 Å². The molecule has 1 aliphatic rings. The van der Waals surface area contributed by atoms with Crippen LogP contribution in [0.4, 0.5) is 0 Å². The van der Waals surface area contributed by atoms with Gasteiger partial charge in [-0.05, 0) is 85.2 Å². The maximum atomic E-state index is 12.5. The van der Waals surface area contributed by atoms with E-state index in [1.165, 1.54) is 6.42 Å². The summed E-state index contributed by atoms with van der Waals surface area (Å²) in [4.78, 5) is 14.4. The Morgan fingerprint density at radius 1 is 1.26 bits per heavy atom. The summed E-state index contributed by atoms with van der Waals surface area (Å²) in [7, 11) is 0. The third-order valence-electron chi connectivity index (χ3n) is 4.13. The monoisotopic (exact) mass is 425 g/mol. The first-order valence-electron chi connectivity index (χ1n) is 7.91. The van der Waals surface area contributed by atoms with E-state index in [1.807, 2.05) is 35.2 Å². The second-order valence-corrected chi connectivity index (χ2v) is 7.10. The van der Waals surface area contributed by atoms with Crippen LogP contribution in [-0.4, -0.2) is 23.4 Å². The van der Waals surface area contributed by atoms with Gasteiger partial charge in [-0.15, -0.1) is 0 Å². The van der Waals surface area contributed by atoms with E-state index in [9.17, 15) is 4.79 Å². The van der Waals surface area contributed by atoms with Crippen LogP contribution in [0.15, 0.2) is 40.8 Å². The molecule has 0 radical (unpaired) electrons. The van der Waals surface area contributed by atoms with Crippen molar-refractivity contribution in [2.45, 2.75) is 38.8 Å². The molecule has 0 saturated carbocycles. The van der Waals surface area contributed by atoms with E-state index in [0.29, 0.717) is 18.1 Å². The number of piperidine rings is 1. The second kappa shape index (κ2) is 7.38. The van der Waals surface area contributed by atoms with E-state index in [0.717, 1.165) is 28.7 Å². The highest BCUT2D eigenvalue weighted by Gasteiger charge is 2.26. The summed E-state index contributed by atoms with van der Waals surface area (Å²) in [5.74, 6) is 1.84. The minimum Gasteiger partial charge on any atom is -0.486 e. The zero-order chi connectivity index (χ0) is 16.2. The summed E-state index contributed by atoms with van der Waals surface area (Å²) in [6.45, 7) is 3.24. The number of rotatable bonds is 4. The van der Waals surface area contributed by atoms with E-state index in [4.69, 9.17) is 9.15 Å². The van der Waals surface area contributed by atoms with Crippen LogP contribution in [0.2, 0.25) is 0 Å². The standard InChI is InChI=1S/C18H20INO3/c1-13-4-2-3-11-20(13)18(21)17-10-9-16(23-17)12-22-15-7-5-14(19)6-8-15/h5-10,13H,2-4,11-12H2,1H3/t13-/m0/s1. The minimum absolute atomic E-state index is 0.0160. The lowest BCUT2D eigenvalue weighted by Crippen LogP contribution is -2.41. The van der Waals surface area contributed by atoms with Gasteiger partial charge in [0.05, 0.1) is 0 Å². The molecular formula is C18H20INO3. The molecule has 0 unspecified atom stereocenters. The second-order valence-electron chi connectivity index (χ2n) is 5.85. The fraction of sp³-hybridized carbons (Fsp3) is 0.389. The number of carbonyl (C=O) groups excluding carboxylic acids is 1. The Morgan fingerprint density at radius 3 is 2.78 bits per heavy atom. The summed E-state index contributed by atoms with van der Waals surface area (Å²) in [5.41, 5.74) is 0. The molecule has 1 amide bonds. The van der Waals surface area contributed by atoms with Crippen LogP contribution in [0.3, 0.4) is 0 Å². The Labute approximate surface area is 149 Å². The minimum atomic E-state index is -0.0160. The number of hydrogen-bond donors (Lipinski definition) is 0. The fourth-order valence-electron chi connectivity index (χ4n) is 2.80. The number of hydrogen-bond acceptors (Lipinski definition) is 3. The van der Waals surface area contributed by atoms with Gasteiger partial charge >= 0.3 is 0 Å². The van der Waals surface area contributed by atoms with Crippen LogP contribution in [0.25, 0.3) is 0 Å². The molecule has 0 bridgehead atoms. The van der Waals surface area contributed by atoms with Crippen molar-refractivity contribution < 1.29 is 13.9 Å². The van der Waals surface area contributed by atoms with Gasteiger partial charge in [0, 0.05) is 16.2 Å². The first kappa shape index (κ1) is 16.4. The van der Waals surface area contributed by atoms with Gasteiger partial charge in [0.15, 0.2) is 5.76 Å². The molecule has 1 atom stereocenters. The molecule has 3 rings (SSSR count). The van der Waals surface area contributed by atoms with E-state index in [2.05, 4.69) is 29.5 Å². The van der Waals surface area contributed by atoms with Gasteiger partial charge in [-0.2, -0.15) is 0 Å². The average Bonchev–Trinajstić information content (AvgIpc) is 3.03. The van der Waals surface area contributed by atoms with Gasteiger partial charge in [-0.3, -0.25) is 4.79 Å². The first-order valence-corrected chi connectivity index (χ1v) is 8.99. The lowest BCUT2D eigenvalue weighted by molar-refractivity contribution is 0.0599. The quantitative estimate of drug-likeness (QED) is 0.679. The predicted molar refractivity (Wildman–Crippen MR) is 96.5 cm³/mol.